The minimum atomic E-state index is -0.380. The van der Waals surface area contributed by atoms with Crippen LogP contribution in [0.25, 0.3) is 0 Å². The Kier molecular flexibility index (Phi) is 5.43. The molecule has 1 aliphatic rings. The second kappa shape index (κ2) is 7.93. The van der Waals surface area contributed by atoms with E-state index >= 15 is 0 Å². The molecule has 1 unspecified atom stereocenters. The van der Waals surface area contributed by atoms with E-state index < -0.39 is 0 Å². The molecule has 1 atom stereocenters. The molecule has 2 aromatic rings. The molecule has 2 aromatic carbocycles. The molecule has 126 valence electrons. The molecule has 0 aromatic heterocycles. The zero-order valence-corrected chi connectivity index (χ0v) is 13.4. The second-order valence-corrected chi connectivity index (χ2v) is 5.77. The first kappa shape index (κ1) is 16.5. The number of halogens is 1. The summed E-state index contributed by atoms with van der Waals surface area (Å²) in [6.45, 7) is 1.52. The number of amides is 1. The molecule has 0 aliphatic carbocycles. The number of benzene rings is 2. The molecular weight excluding hydrogens is 309 g/mol. The number of ether oxygens (including phenoxy) is 2. The van der Waals surface area contributed by atoms with Crippen molar-refractivity contribution in [1.29, 1.82) is 0 Å². The van der Waals surface area contributed by atoms with E-state index in [0.717, 1.165) is 6.42 Å². The van der Waals surface area contributed by atoms with Crippen LogP contribution in [0.3, 0.4) is 0 Å². The van der Waals surface area contributed by atoms with Gasteiger partial charge in [0.15, 0.2) is 6.61 Å². The maximum Gasteiger partial charge on any atom is 0.260 e. The highest BCUT2D eigenvalue weighted by Gasteiger charge is 2.24. The molecule has 0 saturated carbocycles. The van der Waals surface area contributed by atoms with Gasteiger partial charge >= 0.3 is 0 Å². The lowest BCUT2D eigenvalue weighted by molar-refractivity contribution is -0.140. The number of rotatable bonds is 5. The Morgan fingerprint density at radius 2 is 2.04 bits per heavy atom. The lowest BCUT2D eigenvalue weighted by Crippen LogP contribution is -2.47. The monoisotopic (exact) mass is 329 g/mol. The van der Waals surface area contributed by atoms with Crippen LogP contribution in [-0.2, 0) is 16.0 Å². The molecule has 3 rings (SSSR count). The van der Waals surface area contributed by atoms with Crippen molar-refractivity contribution in [2.75, 3.05) is 26.3 Å². The summed E-state index contributed by atoms with van der Waals surface area (Å²) < 4.78 is 24.3. The first-order chi connectivity index (χ1) is 11.7. The molecular formula is C19H20FNO3. The molecule has 1 amide bonds. The summed E-state index contributed by atoms with van der Waals surface area (Å²) in [7, 11) is 0. The van der Waals surface area contributed by atoms with E-state index in [2.05, 4.69) is 12.1 Å². The highest BCUT2D eigenvalue weighted by atomic mass is 19.1. The lowest BCUT2D eigenvalue weighted by Gasteiger charge is -2.33. The fraction of sp³-hybridized carbons (Fsp3) is 0.316. The minimum Gasteiger partial charge on any atom is -0.484 e. The van der Waals surface area contributed by atoms with Crippen molar-refractivity contribution in [2.24, 2.45) is 0 Å². The quantitative estimate of drug-likeness (QED) is 0.846. The van der Waals surface area contributed by atoms with E-state index in [1.54, 1.807) is 17.0 Å². The topological polar surface area (TPSA) is 38.8 Å². The Balaban J connectivity index is 1.51. The first-order valence-corrected chi connectivity index (χ1v) is 8.02. The Labute approximate surface area is 140 Å². The molecule has 1 fully saturated rings. The third-order valence-electron chi connectivity index (χ3n) is 3.96. The van der Waals surface area contributed by atoms with Crippen molar-refractivity contribution in [2.45, 2.75) is 12.5 Å². The van der Waals surface area contributed by atoms with E-state index in [1.807, 2.05) is 18.2 Å². The van der Waals surface area contributed by atoms with Crippen LogP contribution in [0.1, 0.15) is 5.56 Å². The highest BCUT2D eigenvalue weighted by molar-refractivity contribution is 5.77. The van der Waals surface area contributed by atoms with Gasteiger partial charge in [-0.2, -0.15) is 0 Å². The summed E-state index contributed by atoms with van der Waals surface area (Å²) in [5.41, 5.74) is 1.19. The summed E-state index contributed by atoms with van der Waals surface area (Å²) >= 11 is 0. The lowest BCUT2D eigenvalue weighted by atomic mass is 10.1. The predicted octanol–water partition coefficient (Wildman–Crippen LogP) is 2.67. The van der Waals surface area contributed by atoms with Gasteiger partial charge in [0.1, 0.15) is 11.6 Å². The van der Waals surface area contributed by atoms with Gasteiger partial charge in [-0.25, -0.2) is 4.39 Å². The standard InChI is InChI=1S/C19H20FNO3/c20-16-7-4-8-17(12-16)24-14-19(22)21-9-10-23-18(13-21)11-15-5-2-1-3-6-15/h1-8,12,18H,9-11,13-14H2. The number of hydrogen-bond acceptors (Lipinski definition) is 3. The van der Waals surface area contributed by atoms with Crippen LogP contribution in [0, 0.1) is 5.82 Å². The summed E-state index contributed by atoms with van der Waals surface area (Å²) in [6, 6.07) is 15.9. The van der Waals surface area contributed by atoms with Crippen molar-refractivity contribution in [3.05, 3.63) is 66.0 Å². The van der Waals surface area contributed by atoms with Gasteiger partial charge in [0.25, 0.3) is 5.91 Å². The van der Waals surface area contributed by atoms with Gasteiger partial charge in [0, 0.05) is 25.6 Å². The van der Waals surface area contributed by atoms with Crippen molar-refractivity contribution in [1.82, 2.24) is 4.90 Å². The number of nitrogens with zero attached hydrogens (tertiary/aromatic N) is 1. The number of carbonyl (C=O) groups excluding carboxylic acids is 1. The summed E-state index contributed by atoms with van der Waals surface area (Å²) in [5.74, 6) is -0.132. The third-order valence-corrected chi connectivity index (χ3v) is 3.96. The van der Waals surface area contributed by atoms with Gasteiger partial charge in [-0.15, -0.1) is 0 Å². The summed E-state index contributed by atoms with van der Waals surface area (Å²) in [5, 5.41) is 0. The van der Waals surface area contributed by atoms with E-state index in [4.69, 9.17) is 9.47 Å². The van der Waals surface area contributed by atoms with Crippen molar-refractivity contribution in [3.8, 4) is 5.75 Å². The van der Waals surface area contributed by atoms with Crippen molar-refractivity contribution in [3.63, 3.8) is 0 Å². The number of hydrogen-bond donors (Lipinski definition) is 0. The zero-order valence-electron chi connectivity index (χ0n) is 13.4. The molecule has 0 spiro atoms. The molecule has 0 N–H and O–H groups in total. The Bertz CT molecular complexity index is 677. The molecule has 0 bridgehead atoms. The van der Waals surface area contributed by atoms with E-state index in [-0.39, 0.29) is 24.4 Å². The fourth-order valence-electron chi connectivity index (χ4n) is 2.74. The van der Waals surface area contributed by atoms with Gasteiger partial charge in [-0.1, -0.05) is 36.4 Å². The molecule has 24 heavy (non-hydrogen) atoms. The van der Waals surface area contributed by atoms with Gasteiger partial charge in [0.05, 0.1) is 12.7 Å². The van der Waals surface area contributed by atoms with Crippen LogP contribution >= 0.6 is 0 Å². The van der Waals surface area contributed by atoms with Crippen molar-refractivity contribution < 1.29 is 18.7 Å². The molecule has 1 saturated heterocycles. The van der Waals surface area contributed by atoms with E-state index in [0.29, 0.717) is 25.4 Å². The van der Waals surface area contributed by atoms with Gasteiger partial charge in [0.2, 0.25) is 0 Å². The Hall–Kier alpha value is -2.40. The SMILES string of the molecule is O=C(COc1cccc(F)c1)N1CCOC(Cc2ccccc2)C1. The normalized spacial score (nSPS) is 17.5. The van der Waals surface area contributed by atoms with Gasteiger partial charge in [-0.05, 0) is 17.7 Å². The van der Waals surface area contributed by atoms with Gasteiger partial charge < -0.3 is 14.4 Å². The average Bonchev–Trinajstić information content (AvgIpc) is 2.61. The largest absolute Gasteiger partial charge is 0.484 e. The predicted molar refractivity (Wildman–Crippen MR) is 88.4 cm³/mol. The van der Waals surface area contributed by atoms with Crippen molar-refractivity contribution >= 4 is 5.91 Å². The molecule has 5 heteroatoms. The fourth-order valence-corrected chi connectivity index (χ4v) is 2.74. The first-order valence-electron chi connectivity index (χ1n) is 8.02. The second-order valence-electron chi connectivity index (χ2n) is 5.77. The van der Waals surface area contributed by atoms with Crippen LogP contribution in [0.4, 0.5) is 4.39 Å². The maximum absolute atomic E-state index is 13.1. The molecule has 1 heterocycles. The smallest absolute Gasteiger partial charge is 0.260 e. The van der Waals surface area contributed by atoms with E-state index in [1.165, 1.54) is 17.7 Å². The maximum atomic E-state index is 13.1. The van der Waals surface area contributed by atoms with E-state index in [9.17, 15) is 9.18 Å². The third kappa shape index (κ3) is 4.55. The molecule has 4 nitrogen and oxygen atoms in total. The highest BCUT2D eigenvalue weighted by Crippen LogP contribution is 2.14. The Morgan fingerprint density at radius 3 is 2.83 bits per heavy atom. The summed E-state index contributed by atoms with van der Waals surface area (Å²) in [4.78, 5) is 14.1. The van der Waals surface area contributed by atoms with Crippen LogP contribution < -0.4 is 4.74 Å². The van der Waals surface area contributed by atoms with Gasteiger partial charge in [-0.3, -0.25) is 4.79 Å². The minimum absolute atomic E-state index is 0.0146. The van der Waals surface area contributed by atoms with Crippen LogP contribution in [-0.4, -0.2) is 43.2 Å². The average molecular weight is 329 g/mol. The van der Waals surface area contributed by atoms with Crippen LogP contribution in [0.2, 0.25) is 0 Å². The number of morpholine rings is 1. The Morgan fingerprint density at radius 1 is 1.21 bits per heavy atom. The molecule has 0 radical (unpaired) electrons. The zero-order chi connectivity index (χ0) is 16.8. The number of carbonyl (C=O) groups is 1. The van der Waals surface area contributed by atoms with Crippen LogP contribution in [0.15, 0.2) is 54.6 Å². The summed E-state index contributed by atoms with van der Waals surface area (Å²) in [6.07, 6.45) is 0.759. The van der Waals surface area contributed by atoms with Crippen LogP contribution in [0.5, 0.6) is 5.75 Å². The molecule has 1 aliphatic heterocycles.